The van der Waals surface area contributed by atoms with E-state index in [4.69, 9.17) is 0 Å². The predicted molar refractivity (Wildman–Crippen MR) is 74.0 cm³/mol. The van der Waals surface area contributed by atoms with E-state index < -0.39 is 0 Å². The van der Waals surface area contributed by atoms with Crippen LogP contribution in [0.1, 0.15) is 11.1 Å². The number of benzene rings is 1. The Labute approximate surface area is 112 Å². The minimum atomic E-state index is 0.888. The quantitative estimate of drug-likeness (QED) is 0.901. The minimum Gasteiger partial charge on any atom is -0.316 e. The van der Waals surface area contributed by atoms with E-state index in [2.05, 4.69) is 51.3 Å². The van der Waals surface area contributed by atoms with Gasteiger partial charge in [0, 0.05) is 24.1 Å². The Balaban J connectivity index is 1.67. The van der Waals surface area contributed by atoms with E-state index >= 15 is 0 Å². The molecule has 2 atom stereocenters. The van der Waals surface area contributed by atoms with Crippen molar-refractivity contribution in [1.29, 1.82) is 0 Å². The average Bonchev–Trinajstić information content (AvgIpc) is 2.82. The summed E-state index contributed by atoms with van der Waals surface area (Å²) in [6.45, 7) is 8.19. The molecule has 2 heterocycles. The SMILES string of the molecule is Cc1ccc(CN2CC3CNCC3C2)c(Br)c1. The first-order chi connectivity index (χ1) is 8.22. The van der Waals surface area contributed by atoms with Crippen molar-refractivity contribution < 1.29 is 0 Å². The molecule has 2 unspecified atom stereocenters. The van der Waals surface area contributed by atoms with E-state index in [-0.39, 0.29) is 0 Å². The summed E-state index contributed by atoms with van der Waals surface area (Å²) >= 11 is 3.68. The number of nitrogens with one attached hydrogen (secondary N) is 1. The van der Waals surface area contributed by atoms with Crippen LogP contribution < -0.4 is 5.32 Å². The summed E-state index contributed by atoms with van der Waals surface area (Å²) in [6, 6.07) is 6.68. The lowest BCUT2D eigenvalue weighted by molar-refractivity contribution is 0.305. The van der Waals surface area contributed by atoms with Crippen molar-refractivity contribution >= 4 is 15.9 Å². The highest BCUT2D eigenvalue weighted by Gasteiger charge is 2.35. The molecule has 3 rings (SSSR count). The second kappa shape index (κ2) is 4.71. The van der Waals surface area contributed by atoms with Gasteiger partial charge >= 0.3 is 0 Å². The van der Waals surface area contributed by atoms with Crippen molar-refractivity contribution in [1.82, 2.24) is 10.2 Å². The average molecular weight is 295 g/mol. The zero-order valence-corrected chi connectivity index (χ0v) is 11.8. The van der Waals surface area contributed by atoms with Crippen LogP contribution >= 0.6 is 15.9 Å². The molecule has 0 radical (unpaired) electrons. The summed E-state index contributed by atoms with van der Waals surface area (Å²) in [5.41, 5.74) is 2.74. The van der Waals surface area contributed by atoms with Gasteiger partial charge in [-0.15, -0.1) is 0 Å². The van der Waals surface area contributed by atoms with Crippen LogP contribution in [0, 0.1) is 18.8 Å². The van der Waals surface area contributed by atoms with Crippen molar-refractivity contribution in [3.63, 3.8) is 0 Å². The Morgan fingerprint density at radius 2 is 2.00 bits per heavy atom. The normalized spacial score (nSPS) is 28.6. The third-order valence-corrected chi connectivity index (χ3v) is 4.81. The monoisotopic (exact) mass is 294 g/mol. The van der Waals surface area contributed by atoms with Crippen molar-refractivity contribution in [2.75, 3.05) is 26.2 Å². The van der Waals surface area contributed by atoms with Gasteiger partial charge in [0.1, 0.15) is 0 Å². The van der Waals surface area contributed by atoms with E-state index in [0.717, 1.165) is 18.4 Å². The fraction of sp³-hybridized carbons (Fsp3) is 0.571. The molecule has 0 amide bonds. The molecule has 1 N–H and O–H groups in total. The van der Waals surface area contributed by atoms with Gasteiger partial charge in [0.25, 0.3) is 0 Å². The maximum atomic E-state index is 3.68. The van der Waals surface area contributed by atoms with E-state index in [9.17, 15) is 0 Å². The number of fused-ring (bicyclic) bond motifs is 1. The summed E-state index contributed by atoms with van der Waals surface area (Å²) in [6.07, 6.45) is 0. The van der Waals surface area contributed by atoms with Crippen LogP contribution in [-0.2, 0) is 6.54 Å². The van der Waals surface area contributed by atoms with Gasteiger partial charge in [0.15, 0.2) is 0 Å². The lowest BCUT2D eigenvalue weighted by atomic mass is 10.0. The number of aryl methyl sites for hydroxylation is 1. The molecule has 1 aromatic carbocycles. The van der Waals surface area contributed by atoms with E-state index in [1.54, 1.807) is 0 Å². The maximum Gasteiger partial charge on any atom is 0.0245 e. The van der Waals surface area contributed by atoms with Crippen molar-refractivity contribution in [3.05, 3.63) is 33.8 Å². The van der Waals surface area contributed by atoms with E-state index in [0.29, 0.717) is 0 Å². The van der Waals surface area contributed by atoms with Crippen LogP contribution in [0.25, 0.3) is 0 Å². The largest absolute Gasteiger partial charge is 0.316 e. The van der Waals surface area contributed by atoms with Crippen molar-refractivity contribution in [2.24, 2.45) is 11.8 Å². The molecule has 2 saturated heterocycles. The van der Waals surface area contributed by atoms with Gasteiger partial charge in [-0.2, -0.15) is 0 Å². The molecule has 3 heteroatoms. The first-order valence-corrected chi connectivity index (χ1v) is 7.20. The van der Waals surface area contributed by atoms with Gasteiger partial charge in [-0.1, -0.05) is 28.1 Å². The lowest BCUT2D eigenvalue weighted by Crippen LogP contribution is -2.25. The number of hydrogen-bond donors (Lipinski definition) is 1. The summed E-state index contributed by atoms with van der Waals surface area (Å²) in [4.78, 5) is 2.60. The minimum absolute atomic E-state index is 0.888. The molecule has 0 aromatic heterocycles. The number of hydrogen-bond acceptors (Lipinski definition) is 2. The van der Waals surface area contributed by atoms with Crippen LogP contribution in [0.4, 0.5) is 0 Å². The highest BCUT2D eigenvalue weighted by molar-refractivity contribution is 9.10. The zero-order valence-electron chi connectivity index (χ0n) is 10.2. The Morgan fingerprint density at radius 1 is 1.29 bits per heavy atom. The molecule has 2 nitrogen and oxygen atoms in total. The molecule has 17 heavy (non-hydrogen) atoms. The van der Waals surface area contributed by atoms with Crippen molar-refractivity contribution in [3.8, 4) is 0 Å². The molecule has 0 bridgehead atoms. The highest BCUT2D eigenvalue weighted by atomic mass is 79.9. The van der Waals surface area contributed by atoms with E-state index in [1.165, 1.54) is 41.8 Å². The topological polar surface area (TPSA) is 15.3 Å². The smallest absolute Gasteiger partial charge is 0.0245 e. The number of nitrogens with zero attached hydrogens (tertiary/aromatic N) is 1. The number of halogens is 1. The number of likely N-dealkylation sites (tertiary alicyclic amines) is 1. The van der Waals surface area contributed by atoms with Gasteiger partial charge < -0.3 is 5.32 Å². The van der Waals surface area contributed by atoms with Gasteiger partial charge in [-0.3, -0.25) is 4.90 Å². The molecule has 92 valence electrons. The van der Waals surface area contributed by atoms with Crippen LogP contribution in [-0.4, -0.2) is 31.1 Å². The lowest BCUT2D eigenvalue weighted by Gasteiger charge is -2.18. The molecule has 2 aliphatic heterocycles. The van der Waals surface area contributed by atoms with Crippen LogP contribution in [0.5, 0.6) is 0 Å². The summed E-state index contributed by atoms with van der Waals surface area (Å²) < 4.78 is 1.26. The van der Waals surface area contributed by atoms with Gasteiger partial charge in [0.2, 0.25) is 0 Å². The van der Waals surface area contributed by atoms with Crippen LogP contribution in [0.3, 0.4) is 0 Å². The molecular weight excluding hydrogens is 276 g/mol. The first-order valence-electron chi connectivity index (χ1n) is 6.40. The van der Waals surface area contributed by atoms with E-state index in [1.807, 2.05) is 0 Å². The number of rotatable bonds is 2. The predicted octanol–water partition coefficient (Wildman–Crippen LogP) is 2.41. The standard InChI is InChI=1S/C14H19BrN2/c1-10-2-3-11(14(15)4-10)7-17-8-12-5-16-6-13(12)9-17/h2-4,12-13,16H,5-9H2,1H3. The summed E-state index contributed by atoms with van der Waals surface area (Å²) in [5.74, 6) is 1.78. The maximum absolute atomic E-state index is 3.68. The Bertz CT molecular complexity index is 407. The molecule has 0 saturated carbocycles. The Kier molecular flexibility index (Phi) is 3.24. The Hall–Kier alpha value is -0.380. The fourth-order valence-corrected chi connectivity index (χ4v) is 3.72. The third kappa shape index (κ3) is 2.42. The summed E-state index contributed by atoms with van der Waals surface area (Å²) in [5, 5.41) is 3.49. The van der Waals surface area contributed by atoms with Crippen LogP contribution in [0.15, 0.2) is 22.7 Å². The molecule has 2 aliphatic rings. The van der Waals surface area contributed by atoms with Crippen LogP contribution in [0.2, 0.25) is 0 Å². The van der Waals surface area contributed by atoms with Gasteiger partial charge in [-0.25, -0.2) is 0 Å². The van der Waals surface area contributed by atoms with Gasteiger partial charge in [-0.05, 0) is 49.0 Å². The molecule has 0 aliphatic carbocycles. The first kappa shape index (κ1) is 11.7. The molecule has 0 spiro atoms. The van der Waals surface area contributed by atoms with Gasteiger partial charge in [0.05, 0.1) is 0 Å². The summed E-state index contributed by atoms with van der Waals surface area (Å²) in [7, 11) is 0. The molecule has 1 aromatic rings. The molecular formula is C14H19BrN2. The third-order valence-electron chi connectivity index (χ3n) is 4.07. The second-order valence-corrected chi connectivity index (χ2v) is 6.32. The Morgan fingerprint density at radius 3 is 2.65 bits per heavy atom. The highest BCUT2D eigenvalue weighted by Crippen LogP contribution is 2.29. The molecule has 2 fully saturated rings. The van der Waals surface area contributed by atoms with Crippen molar-refractivity contribution in [2.45, 2.75) is 13.5 Å². The fourth-order valence-electron chi connectivity index (χ4n) is 3.10. The zero-order chi connectivity index (χ0) is 11.8. The second-order valence-electron chi connectivity index (χ2n) is 5.47.